The number of hydrogen-bond donors (Lipinski definition) is 2. The lowest BCUT2D eigenvalue weighted by atomic mass is 9.98. The van der Waals surface area contributed by atoms with Gasteiger partial charge in [0.1, 0.15) is 5.69 Å². The Bertz CT molecular complexity index is 1400. The van der Waals surface area contributed by atoms with Crippen LogP contribution in [-0.2, 0) is 15.1 Å². The normalized spacial score (nSPS) is 20.3. The minimum atomic E-state index is -1.70. The first-order chi connectivity index (χ1) is 17.0. The number of nitrogens with zero attached hydrogens (tertiary/aromatic N) is 7. The molecule has 0 spiro atoms. The van der Waals surface area contributed by atoms with Crippen molar-refractivity contribution in [1.82, 2.24) is 34.8 Å². The van der Waals surface area contributed by atoms with Crippen molar-refractivity contribution in [3.8, 4) is 22.8 Å². The average Bonchev–Trinajstić information content (AvgIpc) is 3.57. The van der Waals surface area contributed by atoms with E-state index in [1.54, 1.807) is 37.6 Å². The molecule has 6 rings (SSSR count). The molecule has 12 nitrogen and oxygen atoms in total. The Hall–Kier alpha value is -4.16. The number of amides is 1. The Labute approximate surface area is 199 Å². The number of pyridine rings is 1. The second-order valence-electron chi connectivity index (χ2n) is 8.61. The molecule has 0 aromatic carbocycles. The predicted octanol–water partition coefficient (Wildman–Crippen LogP) is 1.75. The van der Waals surface area contributed by atoms with Gasteiger partial charge in [0, 0.05) is 38.5 Å². The molecule has 4 aromatic heterocycles. The molecule has 6 heterocycles. The van der Waals surface area contributed by atoms with Gasteiger partial charge in [0.25, 0.3) is 5.91 Å². The molecule has 0 saturated carbocycles. The standard InChI is InChI=1S/C23H22N8O4/c1-30-8-6-23(33,21(30)32)20-9-19(29-35-20)17-4-2-3-16(27-17)18-5-7-24-22(28-18)26-14-10-25-31(11-14)15-12-34-13-15/h2-5,7,9-11,15,33H,6,8,12-13H2,1H3,(H,24,26,28). The summed E-state index contributed by atoms with van der Waals surface area (Å²) in [7, 11) is 1.64. The highest BCUT2D eigenvalue weighted by atomic mass is 16.5. The zero-order chi connectivity index (χ0) is 24.0. The predicted molar refractivity (Wildman–Crippen MR) is 122 cm³/mol. The number of hydrogen-bond acceptors (Lipinski definition) is 10. The van der Waals surface area contributed by atoms with Crippen molar-refractivity contribution in [2.75, 3.05) is 32.1 Å². The van der Waals surface area contributed by atoms with Gasteiger partial charge in [-0.25, -0.2) is 15.0 Å². The van der Waals surface area contributed by atoms with Crippen molar-refractivity contribution in [2.24, 2.45) is 0 Å². The van der Waals surface area contributed by atoms with Gasteiger partial charge in [0.05, 0.1) is 48.2 Å². The topological polar surface area (TPSA) is 144 Å². The first kappa shape index (κ1) is 21.4. The number of aromatic nitrogens is 6. The van der Waals surface area contributed by atoms with E-state index in [2.05, 4.69) is 30.5 Å². The number of likely N-dealkylation sites (N-methyl/N-ethyl adjacent to an activating group) is 1. The van der Waals surface area contributed by atoms with E-state index in [9.17, 15) is 9.90 Å². The maximum absolute atomic E-state index is 12.4. The third-order valence-electron chi connectivity index (χ3n) is 6.21. The van der Waals surface area contributed by atoms with Crippen LogP contribution < -0.4 is 5.32 Å². The third-order valence-corrected chi connectivity index (χ3v) is 6.21. The Kier molecular flexibility index (Phi) is 5.04. The van der Waals surface area contributed by atoms with E-state index < -0.39 is 11.5 Å². The minimum Gasteiger partial charge on any atom is -0.377 e. The highest BCUT2D eigenvalue weighted by Crippen LogP contribution is 2.34. The number of rotatable bonds is 6. The van der Waals surface area contributed by atoms with Crippen molar-refractivity contribution < 1.29 is 19.2 Å². The molecule has 1 unspecified atom stereocenters. The second kappa shape index (κ2) is 8.25. The van der Waals surface area contributed by atoms with Gasteiger partial charge in [-0.15, -0.1) is 0 Å². The lowest BCUT2D eigenvalue weighted by Gasteiger charge is -2.25. The highest BCUT2D eigenvalue weighted by Gasteiger charge is 2.48. The quantitative estimate of drug-likeness (QED) is 0.424. The Morgan fingerprint density at radius 3 is 2.69 bits per heavy atom. The molecule has 0 radical (unpaired) electrons. The van der Waals surface area contributed by atoms with Crippen LogP contribution in [0.5, 0.6) is 0 Å². The lowest BCUT2D eigenvalue weighted by molar-refractivity contribution is -0.144. The van der Waals surface area contributed by atoms with Gasteiger partial charge in [-0.1, -0.05) is 11.2 Å². The van der Waals surface area contributed by atoms with Crippen LogP contribution in [0.1, 0.15) is 18.2 Å². The van der Waals surface area contributed by atoms with Gasteiger partial charge in [-0.3, -0.25) is 9.48 Å². The van der Waals surface area contributed by atoms with Crippen LogP contribution >= 0.6 is 0 Å². The van der Waals surface area contributed by atoms with Crippen LogP contribution in [0.2, 0.25) is 0 Å². The molecule has 2 aliphatic heterocycles. The van der Waals surface area contributed by atoms with Crippen molar-refractivity contribution in [1.29, 1.82) is 0 Å². The van der Waals surface area contributed by atoms with Crippen LogP contribution in [0.15, 0.2) is 53.4 Å². The zero-order valence-electron chi connectivity index (χ0n) is 18.8. The maximum atomic E-state index is 12.4. The van der Waals surface area contributed by atoms with Crippen LogP contribution in [0.3, 0.4) is 0 Å². The molecule has 1 amide bonds. The van der Waals surface area contributed by atoms with Crippen LogP contribution in [0, 0.1) is 0 Å². The molecule has 35 heavy (non-hydrogen) atoms. The van der Waals surface area contributed by atoms with Gasteiger partial charge in [0.2, 0.25) is 11.5 Å². The van der Waals surface area contributed by atoms with Crippen molar-refractivity contribution in [3.05, 3.63) is 54.7 Å². The van der Waals surface area contributed by atoms with Gasteiger partial charge in [-0.2, -0.15) is 5.10 Å². The van der Waals surface area contributed by atoms with E-state index in [1.165, 1.54) is 4.90 Å². The molecule has 2 N–H and O–H groups in total. The van der Waals surface area contributed by atoms with Crippen molar-refractivity contribution in [2.45, 2.75) is 18.1 Å². The average molecular weight is 474 g/mol. The van der Waals surface area contributed by atoms with Crippen LogP contribution in [0.25, 0.3) is 22.8 Å². The first-order valence-electron chi connectivity index (χ1n) is 11.1. The minimum absolute atomic E-state index is 0.108. The van der Waals surface area contributed by atoms with E-state index >= 15 is 0 Å². The van der Waals surface area contributed by atoms with E-state index in [0.29, 0.717) is 48.5 Å². The van der Waals surface area contributed by atoms with Crippen LogP contribution in [0.4, 0.5) is 11.6 Å². The van der Waals surface area contributed by atoms with E-state index in [4.69, 9.17) is 9.26 Å². The highest BCUT2D eigenvalue weighted by molar-refractivity contribution is 5.87. The Morgan fingerprint density at radius 2 is 1.94 bits per heavy atom. The van der Waals surface area contributed by atoms with Gasteiger partial charge < -0.3 is 24.6 Å². The molecule has 178 valence electrons. The molecular formula is C23H22N8O4. The molecule has 2 saturated heterocycles. The molecule has 1 atom stereocenters. The summed E-state index contributed by atoms with van der Waals surface area (Å²) in [5, 5.41) is 22.4. The van der Waals surface area contributed by atoms with Gasteiger partial charge >= 0.3 is 0 Å². The summed E-state index contributed by atoms with van der Waals surface area (Å²) in [4.78, 5) is 27.4. The summed E-state index contributed by atoms with van der Waals surface area (Å²) >= 11 is 0. The molecular weight excluding hydrogens is 452 g/mol. The van der Waals surface area contributed by atoms with Gasteiger partial charge in [0.15, 0.2) is 5.76 Å². The van der Waals surface area contributed by atoms with E-state index in [0.717, 1.165) is 5.69 Å². The first-order valence-corrected chi connectivity index (χ1v) is 11.1. The SMILES string of the molecule is CN1CCC(O)(c2cc(-c3cccc(-c4ccnc(Nc5cnn(C6COC6)c5)n4)n3)no2)C1=O. The number of carbonyl (C=O) groups excluding carboxylic acids is 1. The molecule has 4 aromatic rings. The molecule has 2 fully saturated rings. The summed E-state index contributed by atoms with van der Waals surface area (Å²) in [6.45, 7) is 1.77. The third kappa shape index (κ3) is 3.82. The number of anilines is 2. The number of ether oxygens (including phenoxy) is 1. The second-order valence-corrected chi connectivity index (χ2v) is 8.61. The largest absolute Gasteiger partial charge is 0.377 e. The Balaban J connectivity index is 1.23. The van der Waals surface area contributed by atoms with Crippen LogP contribution in [-0.4, -0.2) is 72.6 Å². The molecule has 2 aliphatic rings. The molecule has 12 heteroatoms. The summed E-state index contributed by atoms with van der Waals surface area (Å²) in [5.41, 5.74) is 1.23. The molecule has 0 aliphatic carbocycles. The number of likely N-dealkylation sites (tertiary alicyclic amines) is 1. The number of nitrogens with one attached hydrogen (secondary N) is 1. The number of aliphatic hydroxyl groups is 1. The molecule has 0 bridgehead atoms. The summed E-state index contributed by atoms with van der Waals surface area (Å²) in [6.07, 6.45) is 5.50. The fourth-order valence-electron chi connectivity index (χ4n) is 4.06. The maximum Gasteiger partial charge on any atom is 0.262 e. The number of carbonyl (C=O) groups is 1. The fourth-order valence-corrected chi connectivity index (χ4v) is 4.06. The van der Waals surface area contributed by atoms with Crippen molar-refractivity contribution >= 4 is 17.5 Å². The smallest absolute Gasteiger partial charge is 0.262 e. The summed E-state index contributed by atoms with van der Waals surface area (Å²) in [5.74, 6) is 0.111. The monoisotopic (exact) mass is 474 g/mol. The van der Waals surface area contributed by atoms with Gasteiger partial charge in [-0.05, 0) is 18.2 Å². The Morgan fingerprint density at radius 1 is 1.14 bits per heavy atom. The van der Waals surface area contributed by atoms with E-state index in [1.807, 2.05) is 23.0 Å². The van der Waals surface area contributed by atoms with E-state index in [-0.39, 0.29) is 18.2 Å². The summed E-state index contributed by atoms with van der Waals surface area (Å²) < 4.78 is 12.4. The van der Waals surface area contributed by atoms with Crippen molar-refractivity contribution in [3.63, 3.8) is 0 Å². The lowest BCUT2D eigenvalue weighted by Crippen LogP contribution is -2.35. The zero-order valence-corrected chi connectivity index (χ0v) is 18.8. The fraction of sp³-hybridized carbons (Fsp3) is 0.304. The summed E-state index contributed by atoms with van der Waals surface area (Å²) in [6, 6.07) is 9.01.